The normalized spacial score (nSPS) is 23.5. The molecule has 2 unspecified atom stereocenters. The summed E-state index contributed by atoms with van der Waals surface area (Å²) in [6.45, 7) is 4.33. The van der Waals surface area contributed by atoms with Crippen molar-refractivity contribution in [2.75, 3.05) is 13.1 Å². The molecule has 0 amide bonds. The molecule has 1 saturated carbocycles. The lowest BCUT2D eigenvalue weighted by atomic mass is 9.70. The van der Waals surface area contributed by atoms with E-state index in [1.165, 1.54) is 12.8 Å². The van der Waals surface area contributed by atoms with Gasteiger partial charge in [0, 0.05) is 10.0 Å². The van der Waals surface area contributed by atoms with Crippen LogP contribution in [0.3, 0.4) is 0 Å². The summed E-state index contributed by atoms with van der Waals surface area (Å²) in [5.74, 6) is 1.54. The Kier molecular flexibility index (Phi) is 4.72. The Labute approximate surface area is 114 Å². The van der Waals surface area contributed by atoms with E-state index < -0.39 is 0 Å². The lowest BCUT2D eigenvalue weighted by Crippen LogP contribution is -2.36. The molecule has 1 aliphatic carbocycles. The van der Waals surface area contributed by atoms with Crippen molar-refractivity contribution in [3.05, 3.63) is 33.8 Å². The fourth-order valence-electron chi connectivity index (χ4n) is 2.49. The molecule has 0 bridgehead atoms. The van der Waals surface area contributed by atoms with Crippen molar-refractivity contribution >= 4 is 23.2 Å². The van der Waals surface area contributed by atoms with Crippen LogP contribution in [0.25, 0.3) is 0 Å². The highest BCUT2D eigenvalue weighted by Gasteiger charge is 2.31. The second kappa shape index (κ2) is 6.08. The van der Waals surface area contributed by atoms with Crippen LogP contribution in [0.5, 0.6) is 0 Å². The van der Waals surface area contributed by atoms with E-state index in [0.29, 0.717) is 0 Å². The standard InChI is InChI=1S/C14H19Cl2N/c1-2-17-9-11-7-6-10(11)8-12-13(15)4-3-5-14(12)16/h3-5,10-11,17H,2,6-9H2,1H3. The van der Waals surface area contributed by atoms with E-state index in [4.69, 9.17) is 23.2 Å². The maximum absolute atomic E-state index is 6.21. The molecule has 1 N–H and O–H groups in total. The van der Waals surface area contributed by atoms with E-state index in [1.54, 1.807) is 0 Å². The zero-order valence-corrected chi connectivity index (χ0v) is 11.7. The minimum atomic E-state index is 0.742. The van der Waals surface area contributed by atoms with Crippen molar-refractivity contribution in [3.8, 4) is 0 Å². The largest absolute Gasteiger partial charge is 0.317 e. The van der Waals surface area contributed by atoms with Gasteiger partial charge in [0.05, 0.1) is 0 Å². The lowest BCUT2D eigenvalue weighted by molar-refractivity contribution is 0.172. The Morgan fingerprint density at radius 1 is 1.18 bits per heavy atom. The van der Waals surface area contributed by atoms with Crippen LogP contribution >= 0.6 is 23.2 Å². The van der Waals surface area contributed by atoms with Gasteiger partial charge in [-0.1, -0.05) is 36.2 Å². The average Bonchev–Trinajstić information content (AvgIpc) is 2.27. The molecule has 0 heterocycles. The van der Waals surface area contributed by atoms with Gasteiger partial charge in [-0.3, -0.25) is 0 Å². The van der Waals surface area contributed by atoms with Crippen molar-refractivity contribution in [2.24, 2.45) is 11.8 Å². The molecule has 17 heavy (non-hydrogen) atoms. The molecule has 0 aliphatic heterocycles. The minimum Gasteiger partial charge on any atom is -0.317 e. The van der Waals surface area contributed by atoms with Crippen LogP contribution in [0.4, 0.5) is 0 Å². The molecule has 0 aromatic heterocycles. The van der Waals surface area contributed by atoms with Crippen LogP contribution < -0.4 is 5.32 Å². The third kappa shape index (κ3) is 3.15. The van der Waals surface area contributed by atoms with Gasteiger partial charge in [-0.2, -0.15) is 0 Å². The monoisotopic (exact) mass is 271 g/mol. The van der Waals surface area contributed by atoms with Crippen LogP contribution in [-0.2, 0) is 6.42 Å². The second-order valence-corrected chi connectivity index (χ2v) is 5.62. The van der Waals surface area contributed by atoms with Crippen molar-refractivity contribution in [3.63, 3.8) is 0 Å². The number of nitrogens with one attached hydrogen (secondary N) is 1. The predicted octanol–water partition coefficient (Wildman–Crippen LogP) is 4.17. The maximum Gasteiger partial charge on any atom is 0.0452 e. The van der Waals surface area contributed by atoms with Crippen LogP contribution in [0, 0.1) is 11.8 Å². The van der Waals surface area contributed by atoms with Gasteiger partial charge >= 0.3 is 0 Å². The summed E-state index contributed by atoms with van der Waals surface area (Å²) in [4.78, 5) is 0. The van der Waals surface area contributed by atoms with Crippen LogP contribution in [-0.4, -0.2) is 13.1 Å². The molecule has 3 heteroatoms. The molecule has 94 valence electrons. The van der Waals surface area contributed by atoms with Gasteiger partial charge in [0.2, 0.25) is 0 Å². The number of halogens is 2. The van der Waals surface area contributed by atoms with E-state index in [0.717, 1.165) is 47.0 Å². The summed E-state index contributed by atoms with van der Waals surface area (Å²) in [7, 11) is 0. The van der Waals surface area contributed by atoms with E-state index >= 15 is 0 Å². The van der Waals surface area contributed by atoms with Crippen molar-refractivity contribution in [1.82, 2.24) is 5.32 Å². The van der Waals surface area contributed by atoms with Crippen LogP contribution in [0.1, 0.15) is 25.3 Å². The van der Waals surface area contributed by atoms with Gasteiger partial charge in [0.1, 0.15) is 0 Å². The minimum absolute atomic E-state index is 0.742. The van der Waals surface area contributed by atoms with Gasteiger partial charge in [-0.25, -0.2) is 0 Å². The molecule has 0 spiro atoms. The highest BCUT2D eigenvalue weighted by molar-refractivity contribution is 6.35. The number of hydrogen-bond acceptors (Lipinski definition) is 1. The molecule has 1 nitrogen and oxygen atoms in total. The zero-order valence-electron chi connectivity index (χ0n) is 10.2. The summed E-state index contributed by atoms with van der Waals surface area (Å²) < 4.78 is 0. The number of rotatable bonds is 5. The van der Waals surface area contributed by atoms with E-state index in [-0.39, 0.29) is 0 Å². The van der Waals surface area contributed by atoms with Crippen molar-refractivity contribution in [2.45, 2.75) is 26.2 Å². The quantitative estimate of drug-likeness (QED) is 0.848. The Morgan fingerprint density at radius 3 is 2.35 bits per heavy atom. The molecule has 1 aromatic carbocycles. The first-order valence-electron chi connectivity index (χ1n) is 6.36. The molecule has 2 rings (SSSR count). The SMILES string of the molecule is CCNCC1CCC1Cc1c(Cl)cccc1Cl. The predicted molar refractivity (Wildman–Crippen MR) is 74.9 cm³/mol. The second-order valence-electron chi connectivity index (χ2n) is 4.81. The Morgan fingerprint density at radius 2 is 1.82 bits per heavy atom. The van der Waals surface area contributed by atoms with Crippen LogP contribution in [0.2, 0.25) is 10.0 Å². The molecule has 2 atom stereocenters. The Bertz CT molecular complexity index is 358. The maximum atomic E-state index is 6.21. The first kappa shape index (κ1) is 13.2. The van der Waals surface area contributed by atoms with E-state index in [1.807, 2.05) is 18.2 Å². The van der Waals surface area contributed by atoms with Gasteiger partial charge in [-0.05, 0) is 61.9 Å². The molecule has 1 aliphatic rings. The van der Waals surface area contributed by atoms with Crippen LogP contribution in [0.15, 0.2) is 18.2 Å². The molecular formula is C14H19Cl2N. The highest BCUT2D eigenvalue weighted by atomic mass is 35.5. The summed E-state index contributed by atoms with van der Waals surface area (Å²) in [5, 5.41) is 5.05. The molecular weight excluding hydrogens is 253 g/mol. The van der Waals surface area contributed by atoms with Gasteiger partial charge < -0.3 is 5.32 Å². The fraction of sp³-hybridized carbons (Fsp3) is 0.571. The van der Waals surface area contributed by atoms with Gasteiger partial charge in [-0.15, -0.1) is 0 Å². The topological polar surface area (TPSA) is 12.0 Å². The fourth-order valence-corrected chi connectivity index (χ4v) is 3.05. The number of benzene rings is 1. The zero-order chi connectivity index (χ0) is 12.3. The molecule has 1 fully saturated rings. The first-order chi connectivity index (χ1) is 8.22. The van der Waals surface area contributed by atoms with E-state index in [9.17, 15) is 0 Å². The summed E-state index contributed by atoms with van der Waals surface area (Å²) in [6, 6.07) is 5.77. The summed E-state index contributed by atoms with van der Waals surface area (Å²) >= 11 is 12.4. The molecule has 0 radical (unpaired) electrons. The Hall–Kier alpha value is -0.240. The Balaban J connectivity index is 1.97. The van der Waals surface area contributed by atoms with E-state index in [2.05, 4.69) is 12.2 Å². The first-order valence-corrected chi connectivity index (χ1v) is 7.11. The lowest BCUT2D eigenvalue weighted by Gasteiger charge is -2.37. The van der Waals surface area contributed by atoms with Gasteiger partial charge in [0.25, 0.3) is 0 Å². The molecule has 1 aromatic rings. The average molecular weight is 272 g/mol. The number of hydrogen-bond donors (Lipinski definition) is 1. The van der Waals surface area contributed by atoms with Crippen molar-refractivity contribution < 1.29 is 0 Å². The third-order valence-electron chi connectivity index (χ3n) is 3.76. The van der Waals surface area contributed by atoms with Gasteiger partial charge in [0.15, 0.2) is 0 Å². The summed E-state index contributed by atoms with van der Waals surface area (Å²) in [6.07, 6.45) is 3.66. The molecule has 0 saturated heterocycles. The van der Waals surface area contributed by atoms with Crippen molar-refractivity contribution in [1.29, 1.82) is 0 Å². The highest BCUT2D eigenvalue weighted by Crippen LogP contribution is 2.39. The third-order valence-corrected chi connectivity index (χ3v) is 4.47. The summed E-state index contributed by atoms with van der Waals surface area (Å²) in [5.41, 5.74) is 1.13. The smallest absolute Gasteiger partial charge is 0.0452 e.